The highest BCUT2D eigenvalue weighted by molar-refractivity contribution is 6.02. The third kappa shape index (κ3) is 3.33. The van der Waals surface area contributed by atoms with Gasteiger partial charge in [0.25, 0.3) is 0 Å². The second-order valence-electron chi connectivity index (χ2n) is 4.53. The lowest BCUT2D eigenvalue weighted by atomic mass is 10.1. The molecule has 0 saturated carbocycles. The molecule has 0 aliphatic carbocycles. The van der Waals surface area contributed by atoms with Gasteiger partial charge < -0.3 is 15.8 Å². The zero-order chi connectivity index (χ0) is 14.4. The van der Waals surface area contributed by atoms with E-state index < -0.39 is 0 Å². The molecule has 1 aromatic rings. The van der Waals surface area contributed by atoms with Gasteiger partial charge in [0, 0.05) is 13.1 Å². The molecular formula is C13H23N5O. The largest absolute Gasteiger partial charge is 0.409 e. The number of aromatic nitrogens is 2. The summed E-state index contributed by atoms with van der Waals surface area (Å²) in [5.74, 6) is 0.773. The first-order chi connectivity index (χ1) is 9.06. The average Bonchev–Trinajstić information content (AvgIpc) is 2.42. The van der Waals surface area contributed by atoms with Crippen LogP contribution in [-0.4, -0.2) is 34.3 Å². The first-order valence-electron chi connectivity index (χ1n) is 6.63. The Morgan fingerprint density at radius 2 is 2.00 bits per heavy atom. The van der Waals surface area contributed by atoms with Crippen molar-refractivity contribution >= 4 is 11.7 Å². The first kappa shape index (κ1) is 15.2. The number of oxime groups is 1. The third-order valence-electron chi connectivity index (χ3n) is 3.26. The number of nitrogens with two attached hydrogens (primary N) is 1. The van der Waals surface area contributed by atoms with E-state index >= 15 is 0 Å². The van der Waals surface area contributed by atoms with Gasteiger partial charge in [-0.15, -0.1) is 5.10 Å². The van der Waals surface area contributed by atoms with Gasteiger partial charge in [-0.25, -0.2) is 0 Å². The number of aryl methyl sites for hydroxylation is 1. The van der Waals surface area contributed by atoms with E-state index in [1.54, 1.807) is 0 Å². The highest BCUT2D eigenvalue weighted by atomic mass is 16.4. The molecule has 0 amide bonds. The molecule has 0 atom stereocenters. The fourth-order valence-electron chi connectivity index (χ4n) is 1.94. The van der Waals surface area contributed by atoms with Crippen molar-refractivity contribution < 1.29 is 5.21 Å². The molecule has 0 unspecified atom stereocenters. The lowest BCUT2D eigenvalue weighted by Crippen LogP contribution is -2.30. The van der Waals surface area contributed by atoms with Crippen LogP contribution >= 0.6 is 0 Å². The molecule has 3 N–H and O–H groups in total. The highest BCUT2D eigenvalue weighted by Gasteiger charge is 2.19. The van der Waals surface area contributed by atoms with Crippen LogP contribution in [-0.2, 0) is 0 Å². The van der Waals surface area contributed by atoms with Gasteiger partial charge in [-0.05, 0) is 32.8 Å². The van der Waals surface area contributed by atoms with Crippen molar-refractivity contribution in [2.75, 3.05) is 18.0 Å². The smallest absolute Gasteiger partial charge is 0.174 e. The normalized spacial score (nSPS) is 11.7. The summed E-state index contributed by atoms with van der Waals surface area (Å²) in [7, 11) is 0. The van der Waals surface area contributed by atoms with Gasteiger partial charge >= 0.3 is 0 Å². The summed E-state index contributed by atoms with van der Waals surface area (Å²) in [5.41, 5.74) is 8.15. The van der Waals surface area contributed by atoms with Crippen molar-refractivity contribution in [3.05, 3.63) is 16.8 Å². The van der Waals surface area contributed by atoms with Gasteiger partial charge in [0.2, 0.25) is 0 Å². The molecule has 6 nitrogen and oxygen atoms in total. The standard InChI is InChI=1S/C13H23N5O/c1-5-7-8-18(6-2)13-11(12(14)17-19)9(3)10(4)15-16-13/h19H,5-8H2,1-4H3,(H2,14,17). The minimum atomic E-state index is 0.0837. The summed E-state index contributed by atoms with van der Waals surface area (Å²) in [6.07, 6.45) is 2.17. The molecule has 1 rings (SSSR count). The Kier molecular flexibility index (Phi) is 5.54. The first-order valence-corrected chi connectivity index (χ1v) is 6.63. The number of amidine groups is 1. The van der Waals surface area contributed by atoms with E-state index in [0.717, 1.165) is 37.2 Å². The highest BCUT2D eigenvalue weighted by Crippen LogP contribution is 2.22. The Hall–Kier alpha value is -1.85. The van der Waals surface area contributed by atoms with Crippen LogP contribution in [0.5, 0.6) is 0 Å². The van der Waals surface area contributed by atoms with Crippen LogP contribution in [0, 0.1) is 13.8 Å². The molecule has 0 aliphatic heterocycles. The van der Waals surface area contributed by atoms with Gasteiger partial charge in [0.15, 0.2) is 11.7 Å². The number of unbranched alkanes of at least 4 members (excludes halogenated alkanes) is 1. The summed E-state index contributed by atoms with van der Waals surface area (Å²) in [5, 5.41) is 20.5. The van der Waals surface area contributed by atoms with Crippen LogP contribution in [0.25, 0.3) is 0 Å². The maximum atomic E-state index is 8.95. The fourth-order valence-corrected chi connectivity index (χ4v) is 1.94. The molecule has 0 aliphatic rings. The van der Waals surface area contributed by atoms with Crippen molar-refractivity contribution in [2.45, 2.75) is 40.5 Å². The van der Waals surface area contributed by atoms with E-state index in [0.29, 0.717) is 11.4 Å². The molecule has 0 aromatic carbocycles. The van der Waals surface area contributed by atoms with E-state index in [1.165, 1.54) is 0 Å². The molecule has 1 heterocycles. The van der Waals surface area contributed by atoms with Gasteiger partial charge in [0.05, 0.1) is 11.3 Å². The van der Waals surface area contributed by atoms with Crippen LogP contribution in [0.3, 0.4) is 0 Å². The van der Waals surface area contributed by atoms with Crippen LogP contribution in [0.1, 0.15) is 43.5 Å². The molecule has 0 saturated heterocycles. The Morgan fingerprint density at radius 3 is 2.53 bits per heavy atom. The Bertz CT molecular complexity index is 459. The number of anilines is 1. The van der Waals surface area contributed by atoms with Crippen molar-refractivity contribution in [3.8, 4) is 0 Å². The summed E-state index contributed by atoms with van der Waals surface area (Å²) < 4.78 is 0. The molecular weight excluding hydrogens is 242 g/mol. The molecule has 106 valence electrons. The van der Waals surface area contributed by atoms with E-state index in [4.69, 9.17) is 10.9 Å². The van der Waals surface area contributed by atoms with Gasteiger partial charge in [-0.3, -0.25) is 0 Å². The maximum absolute atomic E-state index is 8.95. The second-order valence-corrected chi connectivity index (χ2v) is 4.53. The van der Waals surface area contributed by atoms with E-state index in [1.807, 2.05) is 13.8 Å². The molecule has 0 bridgehead atoms. The summed E-state index contributed by atoms with van der Waals surface area (Å²) >= 11 is 0. The molecule has 0 fully saturated rings. The molecule has 1 aromatic heterocycles. The number of nitrogens with zero attached hydrogens (tertiary/aromatic N) is 4. The van der Waals surface area contributed by atoms with E-state index in [2.05, 4.69) is 34.1 Å². The predicted molar refractivity (Wildman–Crippen MR) is 76.8 cm³/mol. The summed E-state index contributed by atoms with van der Waals surface area (Å²) in [6.45, 7) is 9.67. The van der Waals surface area contributed by atoms with Crippen LogP contribution in [0.4, 0.5) is 5.82 Å². The lowest BCUT2D eigenvalue weighted by molar-refractivity contribution is 0.318. The van der Waals surface area contributed by atoms with Crippen LogP contribution in [0.2, 0.25) is 0 Å². The number of rotatable bonds is 6. The molecule has 19 heavy (non-hydrogen) atoms. The topological polar surface area (TPSA) is 87.6 Å². The SMILES string of the molecule is CCCCN(CC)c1nnc(C)c(C)c1/C(N)=N/O. The lowest BCUT2D eigenvalue weighted by Gasteiger charge is -2.24. The van der Waals surface area contributed by atoms with Gasteiger partial charge in [-0.2, -0.15) is 5.10 Å². The van der Waals surface area contributed by atoms with Crippen molar-refractivity contribution in [2.24, 2.45) is 10.9 Å². The second kappa shape index (κ2) is 6.92. The number of hydrogen-bond acceptors (Lipinski definition) is 5. The monoisotopic (exact) mass is 265 g/mol. The van der Waals surface area contributed by atoms with Gasteiger partial charge in [0.1, 0.15) is 0 Å². The minimum absolute atomic E-state index is 0.0837. The molecule has 0 radical (unpaired) electrons. The quantitative estimate of drug-likeness (QED) is 0.354. The zero-order valence-electron chi connectivity index (χ0n) is 12.1. The van der Waals surface area contributed by atoms with Crippen molar-refractivity contribution in [1.29, 1.82) is 0 Å². The number of hydrogen-bond donors (Lipinski definition) is 2. The van der Waals surface area contributed by atoms with Gasteiger partial charge in [-0.1, -0.05) is 18.5 Å². The van der Waals surface area contributed by atoms with Crippen LogP contribution in [0.15, 0.2) is 5.16 Å². The Morgan fingerprint density at radius 1 is 1.32 bits per heavy atom. The van der Waals surface area contributed by atoms with E-state index in [-0.39, 0.29) is 5.84 Å². The average molecular weight is 265 g/mol. The molecule has 6 heteroatoms. The zero-order valence-corrected chi connectivity index (χ0v) is 12.1. The van der Waals surface area contributed by atoms with E-state index in [9.17, 15) is 0 Å². The Balaban J connectivity index is 3.29. The minimum Gasteiger partial charge on any atom is -0.409 e. The Labute approximate surface area is 114 Å². The van der Waals surface area contributed by atoms with Crippen molar-refractivity contribution in [1.82, 2.24) is 10.2 Å². The summed E-state index contributed by atoms with van der Waals surface area (Å²) in [6, 6.07) is 0. The maximum Gasteiger partial charge on any atom is 0.174 e. The predicted octanol–water partition coefficient (Wildman–Crippen LogP) is 1.81. The molecule has 0 spiro atoms. The van der Waals surface area contributed by atoms with Crippen LogP contribution < -0.4 is 10.6 Å². The third-order valence-corrected chi connectivity index (χ3v) is 3.26. The summed E-state index contributed by atoms with van der Waals surface area (Å²) in [4.78, 5) is 2.11. The van der Waals surface area contributed by atoms with Crippen molar-refractivity contribution in [3.63, 3.8) is 0 Å². The fraction of sp³-hybridized carbons (Fsp3) is 0.615.